The third-order valence-electron chi connectivity index (χ3n) is 1.83. The van der Waals surface area contributed by atoms with E-state index in [2.05, 4.69) is 4.65 Å². The van der Waals surface area contributed by atoms with E-state index < -0.39 is 13.7 Å². The predicted molar refractivity (Wildman–Crippen MR) is 49.8 cm³/mol. The Morgan fingerprint density at radius 2 is 1.64 bits per heavy atom. The summed E-state index contributed by atoms with van der Waals surface area (Å²) in [7, 11) is -2.04. The first-order chi connectivity index (χ1) is 6.66. The van der Waals surface area contributed by atoms with Gasteiger partial charge in [-0.3, -0.25) is 4.39 Å². The zero-order chi connectivity index (χ0) is 10.8. The second kappa shape index (κ2) is 9.36. The smallest absolute Gasteiger partial charge is 0.402 e. The van der Waals surface area contributed by atoms with Crippen LogP contribution in [0.4, 0.5) is 8.78 Å². The molecule has 3 nitrogen and oxygen atoms in total. The molecule has 0 fully saturated rings. The lowest BCUT2D eigenvalue weighted by atomic mass is 10.1. The van der Waals surface area contributed by atoms with Crippen molar-refractivity contribution in [3.63, 3.8) is 0 Å². The van der Waals surface area contributed by atoms with Crippen molar-refractivity contribution in [1.29, 1.82) is 0 Å². The van der Waals surface area contributed by atoms with Gasteiger partial charge in [0.2, 0.25) is 0 Å². The van der Waals surface area contributed by atoms with Crippen molar-refractivity contribution in [1.82, 2.24) is 0 Å². The van der Waals surface area contributed by atoms with Crippen LogP contribution in [0.25, 0.3) is 0 Å². The van der Waals surface area contributed by atoms with E-state index in [-0.39, 0.29) is 13.1 Å². The summed E-state index contributed by atoms with van der Waals surface area (Å²) in [5.74, 6) is 0. The summed E-state index contributed by atoms with van der Waals surface area (Å²) in [5, 5.41) is 16.5. The van der Waals surface area contributed by atoms with Gasteiger partial charge in [0.05, 0.1) is 6.67 Å². The van der Waals surface area contributed by atoms with E-state index >= 15 is 0 Å². The van der Waals surface area contributed by atoms with Crippen molar-refractivity contribution in [2.24, 2.45) is 0 Å². The highest BCUT2D eigenvalue weighted by atomic mass is 19.1. The SMILES string of the molecule is OB(O)OC(F)CCCCCCCF. The number of hydrogen-bond donors (Lipinski definition) is 2. The Hall–Kier alpha value is -0.195. The van der Waals surface area contributed by atoms with Crippen LogP contribution in [0.2, 0.25) is 0 Å². The predicted octanol–water partition coefficient (Wildman–Crippen LogP) is 1.58. The molecule has 14 heavy (non-hydrogen) atoms. The van der Waals surface area contributed by atoms with Crippen LogP contribution >= 0.6 is 0 Å². The monoisotopic (exact) mass is 210 g/mol. The van der Waals surface area contributed by atoms with Crippen LogP contribution in [0.15, 0.2) is 0 Å². The second-order valence-corrected chi connectivity index (χ2v) is 3.12. The number of unbranched alkanes of at least 4 members (excludes halogenated alkanes) is 4. The van der Waals surface area contributed by atoms with Gasteiger partial charge in [0.15, 0.2) is 6.36 Å². The second-order valence-electron chi connectivity index (χ2n) is 3.12. The van der Waals surface area contributed by atoms with Crippen molar-refractivity contribution in [2.75, 3.05) is 6.67 Å². The molecule has 0 radical (unpaired) electrons. The number of hydrogen-bond acceptors (Lipinski definition) is 3. The van der Waals surface area contributed by atoms with E-state index in [9.17, 15) is 8.78 Å². The molecule has 0 aliphatic heterocycles. The largest absolute Gasteiger partial charge is 0.636 e. The molecule has 0 spiro atoms. The third-order valence-corrected chi connectivity index (χ3v) is 1.83. The molecule has 6 heteroatoms. The third kappa shape index (κ3) is 9.89. The van der Waals surface area contributed by atoms with Crippen molar-refractivity contribution >= 4 is 7.32 Å². The maximum atomic E-state index is 12.6. The number of alkyl halides is 2. The molecule has 1 unspecified atom stereocenters. The van der Waals surface area contributed by atoms with Gasteiger partial charge in [-0.2, -0.15) is 0 Å². The molecule has 0 saturated heterocycles. The molecule has 0 aromatic carbocycles. The van der Waals surface area contributed by atoms with Crippen LogP contribution < -0.4 is 0 Å². The summed E-state index contributed by atoms with van der Waals surface area (Å²) < 4.78 is 28.3. The summed E-state index contributed by atoms with van der Waals surface area (Å²) in [6.45, 7) is -0.300. The van der Waals surface area contributed by atoms with E-state index in [0.29, 0.717) is 12.8 Å². The fraction of sp³-hybridized carbons (Fsp3) is 1.00. The molecule has 0 aromatic heterocycles. The van der Waals surface area contributed by atoms with E-state index in [1.165, 1.54) is 0 Å². The topological polar surface area (TPSA) is 49.7 Å². The molecule has 0 amide bonds. The van der Waals surface area contributed by atoms with Crippen molar-refractivity contribution in [3.8, 4) is 0 Å². The van der Waals surface area contributed by atoms with E-state index in [1.54, 1.807) is 0 Å². The van der Waals surface area contributed by atoms with Crippen LogP contribution in [0.5, 0.6) is 0 Å². The number of halogens is 2. The van der Waals surface area contributed by atoms with E-state index in [0.717, 1.165) is 19.3 Å². The summed E-state index contributed by atoms with van der Waals surface area (Å²) in [6.07, 6.45) is 2.19. The Morgan fingerprint density at radius 3 is 2.21 bits per heavy atom. The molecular weight excluding hydrogens is 193 g/mol. The lowest BCUT2D eigenvalue weighted by Crippen LogP contribution is -2.22. The Morgan fingerprint density at radius 1 is 1.07 bits per heavy atom. The van der Waals surface area contributed by atoms with Crippen molar-refractivity contribution < 1.29 is 23.5 Å². The van der Waals surface area contributed by atoms with Gasteiger partial charge in [-0.15, -0.1) is 0 Å². The highest BCUT2D eigenvalue weighted by Gasteiger charge is 2.16. The van der Waals surface area contributed by atoms with Crippen molar-refractivity contribution in [3.05, 3.63) is 0 Å². The molecule has 0 aromatic rings. The first kappa shape index (κ1) is 13.8. The lowest BCUT2D eigenvalue weighted by molar-refractivity contribution is 0.0140. The lowest BCUT2D eigenvalue weighted by Gasteiger charge is -2.08. The normalized spacial score (nSPS) is 12.9. The molecule has 0 bridgehead atoms. The molecule has 0 saturated carbocycles. The van der Waals surface area contributed by atoms with Gasteiger partial charge in [-0.05, 0) is 12.8 Å². The fourth-order valence-corrected chi connectivity index (χ4v) is 1.13. The minimum atomic E-state index is -2.04. The number of rotatable bonds is 9. The average Bonchev–Trinajstić information content (AvgIpc) is 2.10. The Bertz CT molecular complexity index is 127. The molecular formula is C8H17BF2O3. The summed E-state index contributed by atoms with van der Waals surface area (Å²) in [5.41, 5.74) is 0. The van der Waals surface area contributed by atoms with Gasteiger partial charge in [0.1, 0.15) is 0 Å². The zero-order valence-corrected chi connectivity index (χ0v) is 8.16. The highest BCUT2D eigenvalue weighted by molar-refractivity contribution is 6.32. The van der Waals surface area contributed by atoms with Crippen LogP contribution in [-0.4, -0.2) is 30.4 Å². The molecule has 0 rings (SSSR count). The van der Waals surface area contributed by atoms with Crippen LogP contribution in [0.1, 0.15) is 38.5 Å². The maximum absolute atomic E-state index is 12.6. The summed E-state index contributed by atoms with van der Waals surface area (Å²) >= 11 is 0. The first-order valence-corrected chi connectivity index (χ1v) is 4.88. The Kier molecular flexibility index (Phi) is 9.23. The standard InChI is InChI=1S/C8H17BF2O3/c10-7-5-3-1-2-4-6-8(11)14-9(12)13/h8,12-13H,1-7H2. The van der Waals surface area contributed by atoms with Crippen molar-refractivity contribution in [2.45, 2.75) is 44.9 Å². The van der Waals surface area contributed by atoms with E-state index in [4.69, 9.17) is 10.0 Å². The maximum Gasteiger partial charge on any atom is 0.636 e. The minimum Gasteiger partial charge on any atom is -0.402 e. The molecule has 84 valence electrons. The summed E-state index contributed by atoms with van der Waals surface area (Å²) in [4.78, 5) is 0. The fourth-order valence-electron chi connectivity index (χ4n) is 1.13. The molecule has 2 N–H and O–H groups in total. The van der Waals surface area contributed by atoms with Gasteiger partial charge in [0.25, 0.3) is 0 Å². The van der Waals surface area contributed by atoms with E-state index in [1.807, 2.05) is 0 Å². The van der Waals surface area contributed by atoms with Gasteiger partial charge >= 0.3 is 7.32 Å². The molecule has 0 aliphatic carbocycles. The van der Waals surface area contributed by atoms with Gasteiger partial charge in [-0.25, -0.2) is 4.39 Å². The molecule has 1 atom stereocenters. The first-order valence-electron chi connectivity index (χ1n) is 4.88. The van der Waals surface area contributed by atoms with Crippen LogP contribution in [0.3, 0.4) is 0 Å². The van der Waals surface area contributed by atoms with Gasteiger partial charge < -0.3 is 14.7 Å². The Labute approximate surface area is 83.3 Å². The van der Waals surface area contributed by atoms with Crippen LogP contribution in [0, 0.1) is 0 Å². The van der Waals surface area contributed by atoms with Gasteiger partial charge in [-0.1, -0.05) is 19.3 Å². The van der Waals surface area contributed by atoms with Crippen LogP contribution in [-0.2, 0) is 4.65 Å². The highest BCUT2D eigenvalue weighted by Crippen LogP contribution is 2.10. The zero-order valence-electron chi connectivity index (χ0n) is 8.16. The van der Waals surface area contributed by atoms with Gasteiger partial charge in [0, 0.05) is 6.42 Å². The average molecular weight is 210 g/mol. The molecule has 0 aliphatic rings. The Balaban J connectivity index is 3.10. The molecule has 0 heterocycles. The quantitative estimate of drug-likeness (QED) is 0.448. The minimum absolute atomic E-state index is 0.146. The summed E-state index contributed by atoms with van der Waals surface area (Å²) in [6, 6.07) is 0.